The molecule has 0 aliphatic carbocycles. The molecule has 0 aromatic heterocycles. The molecule has 0 aromatic carbocycles. The Balaban J connectivity index is 4.22. The summed E-state index contributed by atoms with van der Waals surface area (Å²) >= 11 is 5.68. The molecule has 0 saturated heterocycles. The SMILES string of the molecule is C=C/C(Cl)=C\C(CC)=NC. The lowest BCUT2D eigenvalue weighted by molar-refractivity contribution is 1.26. The molecule has 0 fully saturated rings. The summed E-state index contributed by atoms with van der Waals surface area (Å²) in [6, 6.07) is 0. The summed E-state index contributed by atoms with van der Waals surface area (Å²) in [5.74, 6) is 0. The molecule has 0 aliphatic heterocycles. The van der Waals surface area contributed by atoms with Crippen LogP contribution in [-0.2, 0) is 0 Å². The molecule has 0 aliphatic rings. The molecule has 0 heterocycles. The van der Waals surface area contributed by atoms with Crippen molar-refractivity contribution in [2.75, 3.05) is 7.05 Å². The number of rotatable bonds is 3. The summed E-state index contributed by atoms with van der Waals surface area (Å²) in [4.78, 5) is 4.00. The van der Waals surface area contributed by atoms with Crippen molar-refractivity contribution in [3.05, 3.63) is 23.8 Å². The average Bonchev–Trinajstić information content (AvgIpc) is 1.99. The van der Waals surface area contributed by atoms with Gasteiger partial charge in [0.05, 0.1) is 0 Å². The first-order chi connectivity index (χ1) is 4.74. The molecule has 0 radical (unpaired) electrons. The Morgan fingerprint density at radius 3 is 2.60 bits per heavy atom. The first-order valence-electron chi connectivity index (χ1n) is 3.19. The van der Waals surface area contributed by atoms with E-state index < -0.39 is 0 Å². The maximum Gasteiger partial charge on any atom is 0.0418 e. The van der Waals surface area contributed by atoms with Gasteiger partial charge in [-0.1, -0.05) is 31.2 Å². The molecular weight excluding hydrogens is 146 g/mol. The van der Waals surface area contributed by atoms with Gasteiger partial charge in [0.25, 0.3) is 0 Å². The van der Waals surface area contributed by atoms with E-state index in [1.807, 2.05) is 13.0 Å². The Morgan fingerprint density at radius 1 is 1.70 bits per heavy atom. The number of halogens is 1. The Labute approximate surface area is 67.1 Å². The highest BCUT2D eigenvalue weighted by molar-refractivity contribution is 6.32. The van der Waals surface area contributed by atoms with Gasteiger partial charge < -0.3 is 0 Å². The molecule has 0 N–H and O–H groups in total. The summed E-state index contributed by atoms with van der Waals surface area (Å²) in [5, 5.41) is 0.641. The van der Waals surface area contributed by atoms with Gasteiger partial charge >= 0.3 is 0 Å². The van der Waals surface area contributed by atoms with Gasteiger partial charge in [0, 0.05) is 17.8 Å². The fourth-order valence-electron chi connectivity index (χ4n) is 0.543. The molecule has 0 rings (SSSR count). The van der Waals surface area contributed by atoms with Gasteiger partial charge in [0.15, 0.2) is 0 Å². The quantitative estimate of drug-likeness (QED) is 0.441. The average molecular weight is 158 g/mol. The normalized spacial score (nSPS) is 13.5. The van der Waals surface area contributed by atoms with Crippen LogP contribution in [0.3, 0.4) is 0 Å². The van der Waals surface area contributed by atoms with E-state index in [0.717, 1.165) is 12.1 Å². The Hall–Kier alpha value is -0.560. The lowest BCUT2D eigenvalue weighted by Crippen LogP contribution is -1.89. The van der Waals surface area contributed by atoms with Crippen LogP contribution >= 0.6 is 11.6 Å². The van der Waals surface area contributed by atoms with E-state index >= 15 is 0 Å². The minimum Gasteiger partial charge on any atom is -0.293 e. The molecule has 0 saturated carbocycles. The molecule has 0 atom stereocenters. The van der Waals surface area contributed by atoms with E-state index in [4.69, 9.17) is 11.6 Å². The third-order valence-corrected chi connectivity index (χ3v) is 1.41. The van der Waals surface area contributed by atoms with Gasteiger partial charge in [-0.05, 0) is 12.5 Å². The van der Waals surface area contributed by atoms with Crippen LogP contribution in [0.4, 0.5) is 0 Å². The maximum absolute atomic E-state index is 5.68. The molecule has 0 amide bonds. The molecule has 0 aromatic rings. The molecule has 56 valence electrons. The van der Waals surface area contributed by atoms with Crippen molar-refractivity contribution < 1.29 is 0 Å². The van der Waals surface area contributed by atoms with E-state index in [9.17, 15) is 0 Å². The van der Waals surface area contributed by atoms with Crippen molar-refractivity contribution >= 4 is 17.3 Å². The molecule has 0 bridgehead atoms. The van der Waals surface area contributed by atoms with Crippen LogP contribution in [0.2, 0.25) is 0 Å². The first kappa shape index (κ1) is 9.44. The number of aliphatic imine (C=N–C) groups is 1. The highest BCUT2D eigenvalue weighted by Crippen LogP contribution is 2.02. The zero-order valence-electron chi connectivity index (χ0n) is 6.39. The van der Waals surface area contributed by atoms with Crippen molar-refractivity contribution in [1.29, 1.82) is 0 Å². The van der Waals surface area contributed by atoms with Crippen LogP contribution in [0.25, 0.3) is 0 Å². The maximum atomic E-state index is 5.68. The zero-order valence-corrected chi connectivity index (χ0v) is 7.15. The summed E-state index contributed by atoms with van der Waals surface area (Å²) in [6.07, 6.45) is 4.32. The zero-order chi connectivity index (χ0) is 7.98. The van der Waals surface area contributed by atoms with Gasteiger partial charge in [-0.2, -0.15) is 0 Å². The van der Waals surface area contributed by atoms with Crippen molar-refractivity contribution in [2.24, 2.45) is 4.99 Å². The smallest absolute Gasteiger partial charge is 0.0418 e. The molecule has 10 heavy (non-hydrogen) atoms. The van der Waals surface area contributed by atoms with Crippen molar-refractivity contribution in [3.8, 4) is 0 Å². The fraction of sp³-hybridized carbons (Fsp3) is 0.375. The highest BCUT2D eigenvalue weighted by atomic mass is 35.5. The second-order valence-electron chi connectivity index (χ2n) is 1.80. The molecular formula is C8H12ClN. The second-order valence-corrected chi connectivity index (χ2v) is 2.24. The highest BCUT2D eigenvalue weighted by Gasteiger charge is 1.89. The predicted octanol–water partition coefficient (Wildman–Crippen LogP) is 2.78. The van der Waals surface area contributed by atoms with Crippen molar-refractivity contribution in [3.63, 3.8) is 0 Å². The van der Waals surface area contributed by atoms with E-state index in [1.54, 1.807) is 13.1 Å². The Kier molecular flexibility index (Phi) is 4.95. The van der Waals surface area contributed by atoms with Crippen molar-refractivity contribution in [1.82, 2.24) is 0 Å². The molecule has 1 nitrogen and oxygen atoms in total. The van der Waals surface area contributed by atoms with Crippen LogP contribution < -0.4 is 0 Å². The monoisotopic (exact) mass is 157 g/mol. The molecule has 0 unspecified atom stereocenters. The van der Waals surface area contributed by atoms with Crippen molar-refractivity contribution in [2.45, 2.75) is 13.3 Å². The standard InChI is InChI=1S/C8H12ClN/c1-4-7(9)6-8(5-2)10-3/h4,6H,1,5H2,2-3H3/b7-6+,10-8?. The third kappa shape index (κ3) is 3.46. The third-order valence-electron chi connectivity index (χ3n) is 1.15. The lowest BCUT2D eigenvalue weighted by atomic mass is 10.2. The van der Waals surface area contributed by atoms with Crippen LogP contribution in [-0.4, -0.2) is 12.8 Å². The Morgan fingerprint density at radius 2 is 2.30 bits per heavy atom. The predicted molar refractivity (Wildman–Crippen MR) is 47.8 cm³/mol. The number of hydrogen-bond acceptors (Lipinski definition) is 1. The van der Waals surface area contributed by atoms with Crippen LogP contribution in [0, 0.1) is 0 Å². The number of allylic oxidation sites excluding steroid dienone is 3. The van der Waals surface area contributed by atoms with Gasteiger partial charge in [0.1, 0.15) is 0 Å². The largest absolute Gasteiger partial charge is 0.293 e. The van der Waals surface area contributed by atoms with E-state index in [0.29, 0.717) is 5.03 Å². The van der Waals surface area contributed by atoms with E-state index in [1.165, 1.54) is 0 Å². The van der Waals surface area contributed by atoms with E-state index in [-0.39, 0.29) is 0 Å². The van der Waals surface area contributed by atoms with Gasteiger partial charge in [0.2, 0.25) is 0 Å². The minimum atomic E-state index is 0.641. The summed E-state index contributed by atoms with van der Waals surface area (Å²) in [7, 11) is 1.75. The summed E-state index contributed by atoms with van der Waals surface area (Å²) in [6.45, 7) is 5.56. The van der Waals surface area contributed by atoms with Gasteiger partial charge in [-0.3, -0.25) is 4.99 Å². The van der Waals surface area contributed by atoms with Gasteiger partial charge in [-0.15, -0.1) is 0 Å². The summed E-state index contributed by atoms with van der Waals surface area (Å²) < 4.78 is 0. The lowest BCUT2D eigenvalue weighted by Gasteiger charge is -1.92. The van der Waals surface area contributed by atoms with E-state index in [2.05, 4.69) is 11.6 Å². The molecule has 2 heteroatoms. The van der Waals surface area contributed by atoms with Gasteiger partial charge in [-0.25, -0.2) is 0 Å². The second kappa shape index (κ2) is 5.24. The first-order valence-corrected chi connectivity index (χ1v) is 3.57. The van der Waals surface area contributed by atoms with Crippen LogP contribution in [0.1, 0.15) is 13.3 Å². The molecule has 0 spiro atoms. The summed E-state index contributed by atoms with van der Waals surface area (Å²) in [5.41, 5.74) is 0.991. The minimum absolute atomic E-state index is 0.641. The fourth-order valence-corrected chi connectivity index (χ4v) is 0.669. The van der Waals surface area contributed by atoms with Crippen LogP contribution in [0.5, 0.6) is 0 Å². The van der Waals surface area contributed by atoms with Crippen LogP contribution in [0.15, 0.2) is 28.8 Å². The number of hydrogen-bond donors (Lipinski definition) is 0. The Bertz CT molecular complexity index is 168. The number of nitrogens with zero attached hydrogens (tertiary/aromatic N) is 1. The topological polar surface area (TPSA) is 12.4 Å².